The molecule has 0 atom stereocenters. The van der Waals surface area contributed by atoms with Crippen molar-refractivity contribution in [2.75, 3.05) is 29.0 Å². The average Bonchev–Trinajstić information content (AvgIpc) is 2.52. The van der Waals surface area contributed by atoms with Gasteiger partial charge in [0.15, 0.2) is 0 Å². The molecule has 0 bridgehead atoms. The van der Waals surface area contributed by atoms with Crippen LogP contribution in [0.3, 0.4) is 0 Å². The molecular formula is C17H25N3O4S. The molecule has 0 unspecified atom stereocenters. The van der Waals surface area contributed by atoms with Crippen LogP contribution in [0.25, 0.3) is 0 Å². The molecule has 2 N–H and O–H groups in total. The second-order valence-electron chi connectivity index (χ2n) is 6.67. The third kappa shape index (κ3) is 5.19. The second kappa shape index (κ2) is 7.86. The first kappa shape index (κ1) is 19.2. The summed E-state index contributed by atoms with van der Waals surface area (Å²) in [5.74, 6) is -0.947. The molecule has 0 aromatic heterocycles. The minimum atomic E-state index is -3.32. The van der Waals surface area contributed by atoms with Gasteiger partial charge in [-0.25, -0.2) is 8.42 Å². The Morgan fingerprint density at radius 3 is 2.60 bits per heavy atom. The molecule has 1 aromatic carbocycles. The van der Waals surface area contributed by atoms with Gasteiger partial charge in [0.05, 0.1) is 11.9 Å². The number of carbonyl (C=O) groups is 2. The van der Waals surface area contributed by atoms with E-state index in [1.165, 1.54) is 10.6 Å². The van der Waals surface area contributed by atoms with E-state index in [0.717, 1.165) is 18.4 Å². The highest BCUT2D eigenvalue weighted by molar-refractivity contribution is 7.92. The smallest absolute Gasteiger partial charge is 0.313 e. The van der Waals surface area contributed by atoms with E-state index in [9.17, 15) is 18.0 Å². The summed E-state index contributed by atoms with van der Waals surface area (Å²) in [4.78, 5) is 23.7. The summed E-state index contributed by atoms with van der Waals surface area (Å²) in [6, 6.07) is 5.01. The molecule has 0 saturated heterocycles. The summed E-state index contributed by atoms with van der Waals surface area (Å²) in [7, 11) is -3.32. The molecule has 2 rings (SSSR count). The number of nitrogens with one attached hydrogen (secondary N) is 2. The largest absolute Gasteiger partial charge is 0.348 e. The number of nitrogens with zero attached hydrogens (tertiary/aromatic N) is 1. The van der Waals surface area contributed by atoms with Crippen molar-refractivity contribution < 1.29 is 18.0 Å². The Morgan fingerprint density at radius 1 is 1.24 bits per heavy atom. The fraction of sp³-hybridized carbons (Fsp3) is 0.529. The molecule has 2 amide bonds. The zero-order valence-corrected chi connectivity index (χ0v) is 15.6. The first-order chi connectivity index (χ1) is 11.7. The lowest BCUT2D eigenvalue weighted by atomic mass is 10.0. The molecule has 0 spiro atoms. The van der Waals surface area contributed by atoms with Gasteiger partial charge < -0.3 is 10.6 Å². The maximum Gasteiger partial charge on any atom is 0.313 e. The molecule has 25 heavy (non-hydrogen) atoms. The molecule has 0 saturated carbocycles. The maximum absolute atomic E-state index is 12.0. The number of hydrogen-bond acceptors (Lipinski definition) is 4. The molecule has 1 aliphatic rings. The number of sulfonamides is 1. The number of amides is 2. The van der Waals surface area contributed by atoms with Crippen molar-refractivity contribution in [1.82, 2.24) is 5.32 Å². The third-order valence-corrected chi connectivity index (χ3v) is 5.21. The van der Waals surface area contributed by atoms with Crippen molar-refractivity contribution in [1.29, 1.82) is 0 Å². The summed E-state index contributed by atoms with van der Waals surface area (Å²) >= 11 is 0. The van der Waals surface area contributed by atoms with Gasteiger partial charge in [-0.15, -0.1) is 0 Å². The van der Waals surface area contributed by atoms with Crippen molar-refractivity contribution in [2.45, 2.75) is 33.1 Å². The number of rotatable bonds is 5. The van der Waals surface area contributed by atoms with Crippen LogP contribution >= 0.6 is 0 Å². The first-order valence-electron chi connectivity index (χ1n) is 8.38. The van der Waals surface area contributed by atoms with Gasteiger partial charge in [-0.1, -0.05) is 13.8 Å². The molecule has 7 nitrogen and oxygen atoms in total. The Balaban J connectivity index is 2.05. The quantitative estimate of drug-likeness (QED) is 0.771. The van der Waals surface area contributed by atoms with Gasteiger partial charge >= 0.3 is 11.8 Å². The number of aryl methyl sites for hydroxylation is 1. The van der Waals surface area contributed by atoms with Crippen LogP contribution < -0.4 is 14.9 Å². The van der Waals surface area contributed by atoms with Crippen molar-refractivity contribution in [3.05, 3.63) is 23.8 Å². The first-order valence-corrected chi connectivity index (χ1v) is 10.2. The number of benzene rings is 1. The molecule has 1 aliphatic heterocycles. The van der Waals surface area contributed by atoms with Crippen molar-refractivity contribution in [3.63, 3.8) is 0 Å². The Kier molecular flexibility index (Phi) is 6.05. The maximum atomic E-state index is 12.0. The molecule has 0 fully saturated rings. The summed E-state index contributed by atoms with van der Waals surface area (Å²) in [5.41, 5.74) is 1.96. The van der Waals surface area contributed by atoms with Gasteiger partial charge in [-0.2, -0.15) is 0 Å². The van der Waals surface area contributed by atoms with Crippen LogP contribution in [-0.4, -0.2) is 39.6 Å². The number of carbonyl (C=O) groups excluding carboxylic acids is 2. The fourth-order valence-corrected chi connectivity index (χ4v) is 3.72. The van der Waals surface area contributed by atoms with Crippen LogP contribution in [0.15, 0.2) is 18.2 Å². The lowest BCUT2D eigenvalue weighted by molar-refractivity contribution is -0.136. The zero-order chi connectivity index (χ0) is 18.6. The van der Waals surface area contributed by atoms with Gasteiger partial charge in [0.1, 0.15) is 0 Å². The lowest BCUT2D eigenvalue weighted by Gasteiger charge is -2.29. The molecular weight excluding hydrogens is 342 g/mol. The molecule has 138 valence electrons. The van der Waals surface area contributed by atoms with E-state index in [0.29, 0.717) is 36.8 Å². The highest BCUT2D eigenvalue weighted by atomic mass is 32.2. The summed E-state index contributed by atoms with van der Waals surface area (Å²) < 4.78 is 25.1. The number of anilines is 2. The Bertz CT molecular complexity index is 759. The van der Waals surface area contributed by atoms with Crippen LogP contribution in [0.2, 0.25) is 0 Å². The highest BCUT2D eigenvalue weighted by Gasteiger charge is 2.24. The molecule has 1 aromatic rings. The van der Waals surface area contributed by atoms with Crippen molar-refractivity contribution >= 4 is 33.2 Å². The predicted molar refractivity (Wildman–Crippen MR) is 98.0 cm³/mol. The Morgan fingerprint density at radius 2 is 1.96 bits per heavy atom. The average molecular weight is 367 g/mol. The molecule has 1 heterocycles. The monoisotopic (exact) mass is 367 g/mol. The van der Waals surface area contributed by atoms with E-state index in [2.05, 4.69) is 10.6 Å². The van der Waals surface area contributed by atoms with E-state index >= 15 is 0 Å². The third-order valence-electron chi connectivity index (χ3n) is 4.03. The standard InChI is InChI=1S/C17H25N3O4S/c1-12(2)8-9-18-16(21)17(22)19-14-6-7-15-13(11-14)5-4-10-20(15)25(3,23)24/h6-7,11-12H,4-5,8-10H2,1-3H3,(H,18,21)(H,19,22). The predicted octanol–water partition coefficient (Wildman–Crippen LogP) is 1.50. The summed E-state index contributed by atoms with van der Waals surface area (Å²) in [6.45, 7) is 4.99. The van der Waals surface area contributed by atoms with E-state index < -0.39 is 21.8 Å². The normalized spacial score (nSPS) is 14.2. The van der Waals surface area contributed by atoms with Crippen LogP contribution in [0.1, 0.15) is 32.3 Å². The summed E-state index contributed by atoms with van der Waals surface area (Å²) in [5, 5.41) is 5.15. The number of fused-ring (bicyclic) bond motifs is 1. The Hall–Kier alpha value is -2.09. The SMILES string of the molecule is CC(C)CCNC(=O)C(=O)Nc1ccc2c(c1)CCCN2S(C)(=O)=O. The van der Waals surface area contributed by atoms with Gasteiger partial charge in [0.25, 0.3) is 0 Å². The van der Waals surface area contributed by atoms with Crippen LogP contribution in [0.5, 0.6) is 0 Å². The topological polar surface area (TPSA) is 95.6 Å². The highest BCUT2D eigenvalue weighted by Crippen LogP contribution is 2.31. The fourth-order valence-electron chi connectivity index (χ4n) is 2.73. The minimum absolute atomic E-state index is 0.446. The molecule has 0 radical (unpaired) electrons. The van der Waals surface area contributed by atoms with Crippen LogP contribution in [0, 0.1) is 5.92 Å². The second-order valence-corrected chi connectivity index (χ2v) is 8.58. The van der Waals surface area contributed by atoms with E-state index in [1.807, 2.05) is 13.8 Å². The van der Waals surface area contributed by atoms with Crippen molar-refractivity contribution in [2.24, 2.45) is 5.92 Å². The molecule has 8 heteroatoms. The van der Waals surface area contributed by atoms with E-state index in [-0.39, 0.29) is 0 Å². The van der Waals surface area contributed by atoms with Gasteiger partial charge in [0.2, 0.25) is 10.0 Å². The van der Waals surface area contributed by atoms with Crippen LogP contribution in [-0.2, 0) is 26.0 Å². The van der Waals surface area contributed by atoms with Crippen LogP contribution in [0.4, 0.5) is 11.4 Å². The Labute approximate surface area is 148 Å². The minimum Gasteiger partial charge on any atom is -0.348 e. The lowest BCUT2D eigenvalue weighted by Crippen LogP contribution is -2.36. The van der Waals surface area contributed by atoms with E-state index in [1.54, 1.807) is 18.2 Å². The van der Waals surface area contributed by atoms with E-state index in [4.69, 9.17) is 0 Å². The van der Waals surface area contributed by atoms with Gasteiger partial charge in [-0.05, 0) is 48.9 Å². The summed E-state index contributed by atoms with van der Waals surface area (Å²) in [6.07, 6.45) is 3.43. The van der Waals surface area contributed by atoms with Gasteiger partial charge in [-0.3, -0.25) is 13.9 Å². The zero-order valence-electron chi connectivity index (χ0n) is 14.8. The number of hydrogen-bond donors (Lipinski definition) is 2. The molecule has 0 aliphatic carbocycles. The van der Waals surface area contributed by atoms with Crippen molar-refractivity contribution in [3.8, 4) is 0 Å². The van der Waals surface area contributed by atoms with Gasteiger partial charge in [0, 0.05) is 18.8 Å².